The maximum Gasteiger partial charge on any atom is 0.303 e. The van der Waals surface area contributed by atoms with Crippen LogP contribution in [0.4, 0.5) is 0 Å². The second-order valence-corrected chi connectivity index (χ2v) is 4.22. The summed E-state index contributed by atoms with van der Waals surface area (Å²) in [5, 5.41) is 3.34. The van der Waals surface area contributed by atoms with Crippen molar-refractivity contribution >= 4 is 17.9 Å². The van der Waals surface area contributed by atoms with Crippen LogP contribution in [-0.2, 0) is 33.3 Å². The Morgan fingerprint density at radius 2 is 1.67 bits per heavy atom. The fourth-order valence-electron chi connectivity index (χ4n) is 1.84. The van der Waals surface area contributed by atoms with E-state index in [1.54, 1.807) is 0 Å². The number of esters is 3. The number of ether oxygens (including phenoxy) is 4. The van der Waals surface area contributed by atoms with Gasteiger partial charge in [0, 0.05) is 25.7 Å². The van der Waals surface area contributed by atoms with Gasteiger partial charge in [-0.2, -0.15) is 0 Å². The van der Waals surface area contributed by atoms with Gasteiger partial charge in [0.05, 0.1) is 0 Å². The van der Waals surface area contributed by atoms with Crippen molar-refractivity contribution < 1.29 is 33.3 Å². The minimum atomic E-state index is -1.18. The molecule has 1 aliphatic heterocycles. The number of rotatable bonds is 5. The molecule has 1 saturated heterocycles. The predicted molar refractivity (Wildman–Crippen MR) is 65.5 cm³/mol. The number of hydrogen-bond acceptors (Lipinski definition) is 8. The van der Waals surface area contributed by atoms with Crippen molar-refractivity contribution in [2.45, 2.75) is 45.3 Å². The molecule has 10 nitrogen and oxygen atoms in total. The molecule has 1 rings (SSSR count). The van der Waals surface area contributed by atoms with E-state index in [0.29, 0.717) is 0 Å². The molecule has 0 N–H and O–H groups in total. The lowest BCUT2D eigenvalue weighted by molar-refractivity contribution is -0.165. The van der Waals surface area contributed by atoms with Crippen LogP contribution in [0.3, 0.4) is 0 Å². The molecule has 21 heavy (non-hydrogen) atoms. The van der Waals surface area contributed by atoms with E-state index in [1.165, 1.54) is 6.92 Å². The first-order chi connectivity index (χ1) is 9.85. The molecule has 1 aliphatic rings. The molecule has 0 radical (unpaired) electrons. The van der Waals surface area contributed by atoms with Crippen LogP contribution in [0.15, 0.2) is 5.11 Å². The van der Waals surface area contributed by atoms with Crippen LogP contribution in [-0.4, -0.2) is 49.1 Å². The fraction of sp³-hybridized carbons (Fsp3) is 0.727. The van der Waals surface area contributed by atoms with Gasteiger partial charge in [-0.25, -0.2) is 0 Å². The van der Waals surface area contributed by atoms with Gasteiger partial charge in [-0.05, 0) is 5.53 Å². The molecule has 0 spiro atoms. The monoisotopic (exact) mass is 301 g/mol. The Bertz CT molecular complexity index is 474. The Labute approximate surface area is 119 Å². The molecule has 0 saturated carbocycles. The van der Waals surface area contributed by atoms with Crippen molar-refractivity contribution in [3.63, 3.8) is 0 Å². The number of hydrogen-bond donors (Lipinski definition) is 0. The van der Waals surface area contributed by atoms with Crippen LogP contribution in [0.2, 0.25) is 0 Å². The lowest BCUT2D eigenvalue weighted by Gasteiger charge is -2.22. The second-order valence-electron chi connectivity index (χ2n) is 4.22. The molecule has 1 fully saturated rings. The van der Waals surface area contributed by atoms with Gasteiger partial charge in [0.1, 0.15) is 12.7 Å². The highest BCUT2D eigenvalue weighted by Gasteiger charge is 2.49. The molecule has 4 atom stereocenters. The Kier molecular flexibility index (Phi) is 5.94. The normalized spacial score (nSPS) is 27.4. The summed E-state index contributed by atoms with van der Waals surface area (Å²) in [4.78, 5) is 35.7. The van der Waals surface area contributed by atoms with E-state index >= 15 is 0 Å². The van der Waals surface area contributed by atoms with Crippen LogP contribution in [0.25, 0.3) is 10.4 Å². The zero-order valence-corrected chi connectivity index (χ0v) is 11.7. The Morgan fingerprint density at radius 3 is 2.14 bits per heavy atom. The van der Waals surface area contributed by atoms with Crippen molar-refractivity contribution in [3.05, 3.63) is 10.4 Å². The number of nitrogens with zero attached hydrogens (tertiary/aromatic N) is 3. The predicted octanol–water partition coefficient (Wildman–Crippen LogP) is 0.448. The van der Waals surface area contributed by atoms with Crippen LogP contribution in [0, 0.1) is 0 Å². The molecule has 116 valence electrons. The van der Waals surface area contributed by atoms with Crippen molar-refractivity contribution in [1.29, 1.82) is 0 Å². The molecular formula is C11H15N3O7. The smallest absolute Gasteiger partial charge is 0.303 e. The van der Waals surface area contributed by atoms with Crippen molar-refractivity contribution in [2.75, 3.05) is 6.61 Å². The molecule has 0 aliphatic carbocycles. The molecule has 10 heteroatoms. The molecule has 0 aromatic rings. The van der Waals surface area contributed by atoms with E-state index in [-0.39, 0.29) is 6.61 Å². The highest BCUT2D eigenvalue weighted by atomic mass is 16.7. The molecule has 0 bridgehead atoms. The van der Waals surface area contributed by atoms with Gasteiger partial charge in [0.25, 0.3) is 0 Å². The van der Waals surface area contributed by atoms with Crippen LogP contribution in [0.1, 0.15) is 20.8 Å². The van der Waals surface area contributed by atoms with E-state index < -0.39 is 42.4 Å². The summed E-state index contributed by atoms with van der Waals surface area (Å²) in [5.74, 6) is -1.86. The van der Waals surface area contributed by atoms with E-state index in [1.807, 2.05) is 0 Å². The zero-order chi connectivity index (χ0) is 16.0. The van der Waals surface area contributed by atoms with E-state index in [4.69, 9.17) is 24.5 Å². The average molecular weight is 301 g/mol. The lowest BCUT2D eigenvalue weighted by Crippen LogP contribution is -2.40. The van der Waals surface area contributed by atoms with Gasteiger partial charge in [-0.15, -0.1) is 0 Å². The van der Waals surface area contributed by atoms with Gasteiger partial charge in [-0.1, -0.05) is 5.11 Å². The summed E-state index contributed by atoms with van der Waals surface area (Å²) >= 11 is 0. The van der Waals surface area contributed by atoms with Gasteiger partial charge in [0.2, 0.25) is 0 Å². The molecule has 1 heterocycles. The Hall–Kier alpha value is -2.32. The highest BCUT2D eigenvalue weighted by molar-refractivity contribution is 5.68. The zero-order valence-electron chi connectivity index (χ0n) is 11.7. The molecule has 0 amide bonds. The minimum Gasteiger partial charge on any atom is -0.463 e. The first-order valence-corrected chi connectivity index (χ1v) is 6.02. The third kappa shape index (κ3) is 4.93. The van der Waals surface area contributed by atoms with Gasteiger partial charge < -0.3 is 18.9 Å². The maximum atomic E-state index is 11.1. The lowest BCUT2D eigenvalue weighted by atomic mass is 10.1. The standard InChI is InChI=1S/C11H15N3O7/c1-5(15)18-4-8-9(19-6(2)16)10(20-7(3)17)11(21-8)13-14-12/h8-11H,4H2,1-3H3/t8-,9?,10+,11-/m1/s1. The highest BCUT2D eigenvalue weighted by Crippen LogP contribution is 2.28. The molecule has 1 unspecified atom stereocenters. The number of carbonyl (C=O) groups is 3. The van der Waals surface area contributed by atoms with Gasteiger partial charge in [0.15, 0.2) is 18.4 Å². The number of azide groups is 1. The topological polar surface area (TPSA) is 137 Å². The quantitative estimate of drug-likeness (QED) is 0.236. The average Bonchev–Trinajstić information content (AvgIpc) is 2.65. The van der Waals surface area contributed by atoms with Crippen molar-refractivity contribution in [1.82, 2.24) is 0 Å². The van der Waals surface area contributed by atoms with Gasteiger partial charge in [-0.3, -0.25) is 14.4 Å². The number of carbonyl (C=O) groups excluding carboxylic acids is 3. The summed E-state index contributed by atoms with van der Waals surface area (Å²) in [5.41, 5.74) is 8.50. The minimum absolute atomic E-state index is 0.234. The van der Waals surface area contributed by atoms with Crippen molar-refractivity contribution in [3.8, 4) is 0 Å². The molecular weight excluding hydrogens is 286 g/mol. The van der Waals surface area contributed by atoms with Crippen molar-refractivity contribution in [2.24, 2.45) is 5.11 Å². The third-order valence-electron chi connectivity index (χ3n) is 2.51. The van der Waals surface area contributed by atoms with E-state index in [2.05, 4.69) is 10.0 Å². The van der Waals surface area contributed by atoms with E-state index in [0.717, 1.165) is 13.8 Å². The summed E-state index contributed by atoms with van der Waals surface area (Å²) in [6, 6.07) is 0. The van der Waals surface area contributed by atoms with Crippen LogP contribution < -0.4 is 0 Å². The first kappa shape index (κ1) is 16.7. The summed E-state index contributed by atoms with van der Waals surface area (Å²) in [6.45, 7) is 3.28. The second kappa shape index (κ2) is 7.46. The SMILES string of the molecule is CC(=O)OC[C@H]1O[C@@H](N=[N+]=[N-])[C@@H](OC(C)=O)C1OC(C)=O. The molecule has 0 aromatic carbocycles. The largest absolute Gasteiger partial charge is 0.463 e. The van der Waals surface area contributed by atoms with Crippen LogP contribution >= 0.6 is 0 Å². The Morgan fingerprint density at radius 1 is 1.10 bits per heavy atom. The van der Waals surface area contributed by atoms with Crippen LogP contribution in [0.5, 0.6) is 0 Å². The summed E-state index contributed by atoms with van der Waals surface area (Å²) in [7, 11) is 0. The third-order valence-corrected chi connectivity index (χ3v) is 2.51. The van der Waals surface area contributed by atoms with E-state index in [9.17, 15) is 14.4 Å². The first-order valence-electron chi connectivity index (χ1n) is 6.02. The fourth-order valence-corrected chi connectivity index (χ4v) is 1.84. The molecule has 0 aromatic heterocycles. The Balaban J connectivity index is 2.95. The maximum absolute atomic E-state index is 11.1. The summed E-state index contributed by atoms with van der Waals surface area (Å²) < 4.78 is 20.1. The summed E-state index contributed by atoms with van der Waals surface area (Å²) in [6.07, 6.45) is -4.23. The van der Waals surface area contributed by atoms with Gasteiger partial charge >= 0.3 is 17.9 Å².